The first kappa shape index (κ1) is 21.7. The fourth-order valence-electron chi connectivity index (χ4n) is 6.14. The summed E-state index contributed by atoms with van der Waals surface area (Å²) in [5.74, 6) is 0. The SMILES string of the molecule is O=c1c2cc(Br)ccc2c2cc3ccc4c(=O)c5cccc(Br)c5c5c(Br)c6c(Br)cc1c2c6c3c45. The summed E-state index contributed by atoms with van der Waals surface area (Å²) in [4.78, 5) is 27.5. The van der Waals surface area contributed by atoms with Crippen LogP contribution in [0.5, 0.6) is 0 Å². The number of rotatable bonds is 0. The van der Waals surface area contributed by atoms with Crippen molar-refractivity contribution in [3.05, 3.63) is 99.0 Å². The van der Waals surface area contributed by atoms with E-state index in [-0.39, 0.29) is 10.9 Å². The number of fused-ring (bicyclic) bond motifs is 4. The fourth-order valence-corrected chi connectivity index (χ4v) is 8.76. The Hall–Kier alpha value is -2.38. The van der Waals surface area contributed by atoms with Gasteiger partial charge in [-0.25, -0.2) is 0 Å². The molecule has 36 heavy (non-hydrogen) atoms. The highest BCUT2D eigenvalue weighted by Gasteiger charge is 2.25. The van der Waals surface area contributed by atoms with Gasteiger partial charge in [-0.05, 0) is 73.9 Å². The highest BCUT2D eigenvalue weighted by Crippen LogP contribution is 2.51. The lowest BCUT2D eigenvalue weighted by molar-refractivity contribution is 1.68. The third kappa shape index (κ3) is 2.47. The maximum Gasteiger partial charge on any atom is 0.194 e. The minimum absolute atomic E-state index is 0.00487. The van der Waals surface area contributed by atoms with Gasteiger partial charge in [-0.1, -0.05) is 72.1 Å². The topological polar surface area (TPSA) is 34.1 Å². The van der Waals surface area contributed by atoms with E-state index in [2.05, 4.69) is 69.8 Å². The molecule has 0 aliphatic rings. The molecule has 2 nitrogen and oxygen atoms in total. The van der Waals surface area contributed by atoms with Crippen molar-refractivity contribution in [2.75, 3.05) is 0 Å². The summed E-state index contributed by atoms with van der Waals surface area (Å²) in [6.07, 6.45) is 0. The molecule has 8 aromatic carbocycles. The number of benzene rings is 8. The fraction of sp³-hybridized carbons (Fsp3) is 0. The van der Waals surface area contributed by atoms with Crippen LogP contribution in [-0.4, -0.2) is 0 Å². The van der Waals surface area contributed by atoms with Gasteiger partial charge in [0.25, 0.3) is 0 Å². The second-order valence-corrected chi connectivity index (χ2v) is 12.7. The van der Waals surface area contributed by atoms with Crippen molar-refractivity contribution in [3.8, 4) is 0 Å². The summed E-state index contributed by atoms with van der Waals surface area (Å²) in [6.45, 7) is 0. The largest absolute Gasteiger partial charge is 0.289 e. The van der Waals surface area contributed by atoms with E-state index in [1.54, 1.807) is 0 Å². The van der Waals surface area contributed by atoms with Crippen LogP contribution in [0.4, 0.5) is 0 Å². The quantitative estimate of drug-likeness (QED) is 0.115. The van der Waals surface area contributed by atoms with E-state index < -0.39 is 0 Å². The summed E-state index contributed by atoms with van der Waals surface area (Å²) < 4.78 is 3.51. The standard InChI is InChI=1S/C30H10Br4O2/c31-12-5-7-13-16-8-11-4-6-15-24-21(11)26-22(16)18(30(36)17(13)9-12)10-20(33)25(26)28(34)27(24)23-14(29(15)35)2-1-3-19(23)32/h1-10H. The maximum atomic E-state index is 13.8. The van der Waals surface area contributed by atoms with Crippen LogP contribution in [0.1, 0.15) is 0 Å². The van der Waals surface area contributed by atoms with Crippen LogP contribution in [0.2, 0.25) is 0 Å². The predicted molar refractivity (Wildman–Crippen MR) is 166 cm³/mol. The Balaban J connectivity index is 1.84. The van der Waals surface area contributed by atoms with Crippen LogP contribution < -0.4 is 10.9 Å². The van der Waals surface area contributed by atoms with Crippen LogP contribution >= 0.6 is 63.7 Å². The molecular weight excluding hydrogens is 712 g/mol. The Labute approximate surface area is 236 Å². The lowest BCUT2D eigenvalue weighted by Crippen LogP contribution is -2.07. The van der Waals surface area contributed by atoms with E-state index in [0.29, 0.717) is 21.5 Å². The molecule has 0 saturated heterocycles. The molecule has 8 rings (SSSR count). The third-order valence-corrected chi connectivity index (χ3v) is 10.1. The molecule has 0 unspecified atom stereocenters. The molecule has 0 N–H and O–H groups in total. The van der Waals surface area contributed by atoms with Crippen molar-refractivity contribution in [3.63, 3.8) is 0 Å². The van der Waals surface area contributed by atoms with Gasteiger partial charge in [-0.2, -0.15) is 0 Å². The van der Waals surface area contributed by atoms with Crippen molar-refractivity contribution in [2.45, 2.75) is 0 Å². The second-order valence-electron chi connectivity index (χ2n) is 9.24. The van der Waals surface area contributed by atoms with Crippen molar-refractivity contribution in [1.82, 2.24) is 0 Å². The van der Waals surface area contributed by atoms with Crippen molar-refractivity contribution < 1.29 is 0 Å². The van der Waals surface area contributed by atoms with Crippen LogP contribution in [0.15, 0.2) is 88.1 Å². The van der Waals surface area contributed by atoms with Crippen LogP contribution in [-0.2, 0) is 0 Å². The average Bonchev–Trinajstić information content (AvgIpc) is 2.86. The van der Waals surface area contributed by atoms with Crippen molar-refractivity contribution >= 4 is 139 Å². The summed E-state index contributed by atoms with van der Waals surface area (Å²) in [5, 5.41) is 12.5. The monoisotopic (exact) mass is 718 g/mol. The number of hydrogen-bond donors (Lipinski definition) is 0. The van der Waals surface area contributed by atoms with Gasteiger partial charge in [0.15, 0.2) is 10.9 Å². The van der Waals surface area contributed by atoms with Crippen molar-refractivity contribution in [1.29, 1.82) is 0 Å². The first-order valence-electron chi connectivity index (χ1n) is 11.2. The van der Waals surface area contributed by atoms with Gasteiger partial charge in [-0.3, -0.25) is 9.59 Å². The molecule has 0 bridgehead atoms. The van der Waals surface area contributed by atoms with Gasteiger partial charge in [0.1, 0.15) is 0 Å². The molecule has 0 radical (unpaired) electrons. The average molecular weight is 722 g/mol. The van der Waals surface area contributed by atoms with Gasteiger partial charge < -0.3 is 0 Å². The van der Waals surface area contributed by atoms with E-state index in [4.69, 9.17) is 0 Å². The lowest BCUT2D eigenvalue weighted by Gasteiger charge is -2.21. The molecule has 0 aromatic heterocycles. The second kappa shape index (κ2) is 7.13. The maximum absolute atomic E-state index is 13.8. The minimum Gasteiger partial charge on any atom is -0.289 e. The molecule has 0 heterocycles. The van der Waals surface area contributed by atoms with Gasteiger partial charge in [-0.15, -0.1) is 0 Å². The molecule has 0 saturated carbocycles. The molecular formula is C30H10Br4O2. The van der Waals surface area contributed by atoms with Gasteiger partial charge in [0.05, 0.1) is 0 Å². The van der Waals surface area contributed by atoms with E-state index >= 15 is 0 Å². The van der Waals surface area contributed by atoms with E-state index in [1.807, 2.05) is 54.6 Å². The van der Waals surface area contributed by atoms with Crippen molar-refractivity contribution in [2.24, 2.45) is 0 Å². The normalized spacial score (nSPS) is 12.7. The summed E-state index contributed by atoms with van der Waals surface area (Å²) in [7, 11) is 0. The summed E-state index contributed by atoms with van der Waals surface area (Å²) in [6, 6.07) is 19.8. The molecule has 0 fully saturated rings. The van der Waals surface area contributed by atoms with Gasteiger partial charge in [0, 0.05) is 71.8 Å². The molecule has 8 aromatic rings. The first-order valence-corrected chi connectivity index (χ1v) is 14.4. The third-order valence-electron chi connectivity index (χ3n) is 7.54. The van der Waals surface area contributed by atoms with E-state index in [0.717, 1.165) is 71.8 Å². The lowest BCUT2D eigenvalue weighted by atomic mass is 9.84. The Morgan fingerprint density at radius 1 is 0.444 bits per heavy atom. The number of hydrogen-bond acceptors (Lipinski definition) is 2. The molecule has 6 heteroatoms. The first-order chi connectivity index (χ1) is 17.4. The summed E-state index contributed by atoms with van der Waals surface area (Å²) >= 11 is 15.0. The van der Waals surface area contributed by atoms with E-state index in [1.165, 1.54) is 0 Å². The highest BCUT2D eigenvalue weighted by atomic mass is 79.9. The van der Waals surface area contributed by atoms with Crippen LogP contribution in [0, 0.1) is 0 Å². The molecule has 0 amide bonds. The van der Waals surface area contributed by atoms with Gasteiger partial charge >= 0.3 is 0 Å². The van der Waals surface area contributed by atoms with Gasteiger partial charge in [0.2, 0.25) is 0 Å². The Morgan fingerprint density at radius 3 is 2.03 bits per heavy atom. The zero-order valence-corrected chi connectivity index (χ0v) is 24.4. The van der Waals surface area contributed by atoms with Crippen LogP contribution in [0.25, 0.3) is 75.4 Å². The Bertz CT molecular complexity index is 2400. The molecule has 170 valence electrons. The molecule has 0 aliphatic carbocycles. The summed E-state index contributed by atoms with van der Waals surface area (Å²) in [5.41, 5.74) is 0.0202. The minimum atomic E-state index is 0.00487. The molecule has 0 atom stereocenters. The molecule has 0 aliphatic heterocycles. The predicted octanol–water partition coefficient (Wildman–Crippen LogP) is 9.84. The molecule has 0 spiro atoms. The van der Waals surface area contributed by atoms with Crippen LogP contribution in [0.3, 0.4) is 0 Å². The van der Waals surface area contributed by atoms with E-state index in [9.17, 15) is 9.59 Å². The smallest absolute Gasteiger partial charge is 0.194 e. The highest BCUT2D eigenvalue weighted by molar-refractivity contribution is 9.11. The number of halogens is 4. The Morgan fingerprint density at radius 2 is 1.19 bits per heavy atom. The zero-order valence-electron chi connectivity index (χ0n) is 18.1. The Kier molecular flexibility index (Phi) is 4.30. The zero-order chi connectivity index (χ0) is 24.6.